The number of carbonyl (C=O) groups is 2. The Morgan fingerprint density at radius 1 is 1.14 bits per heavy atom. The Bertz CT molecular complexity index is 916. The number of hydrazone groups is 1. The summed E-state index contributed by atoms with van der Waals surface area (Å²) in [5.74, 6) is -1.79. The van der Waals surface area contributed by atoms with Crippen molar-refractivity contribution in [3.63, 3.8) is 0 Å². The summed E-state index contributed by atoms with van der Waals surface area (Å²) >= 11 is 0. The van der Waals surface area contributed by atoms with Crippen molar-refractivity contribution < 1.29 is 27.5 Å². The third-order valence-corrected chi connectivity index (χ3v) is 3.85. The van der Waals surface area contributed by atoms with Gasteiger partial charge in [-0.2, -0.15) is 5.10 Å². The smallest absolute Gasteiger partial charge is 0.406 e. The highest BCUT2D eigenvalue weighted by molar-refractivity contribution is 6.44. The van der Waals surface area contributed by atoms with Gasteiger partial charge in [-0.15, -0.1) is 13.2 Å². The molecule has 0 aromatic heterocycles. The van der Waals surface area contributed by atoms with Gasteiger partial charge in [0, 0.05) is 18.2 Å². The van der Waals surface area contributed by atoms with Gasteiger partial charge >= 0.3 is 6.36 Å². The molecule has 10 heteroatoms. The van der Waals surface area contributed by atoms with E-state index in [1.807, 2.05) is 0 Å². The molecule has 0 spiro atoms. The van der Waals surface area contributed by atoms with Gasteiger partial charge in [-0.05, 0) is 24.3 Å². The van der Waals surface area contributed by atoms with Crippen LogP contribution in [0.2, 0.25) is 0 Å². The fourth-order valence-corrected chi connectivity index (χ4v) is 2.66. The van der Waals surface area contributed by atoms with Crippen molar-refractivity contribution in [3.05, 3.63) is 54.6 Å². The van der Waals surface area contributed by atoms with Gasteiger partial charge in [-0.1, -0.05) is 24.3 Å². The molecule has 2 aromatic carbocycles. The van der Waals surface area contributed by atoms with Crippen molar-refractivity contribution in [1.82, 2.24) is 0 Å². The maximum absolute atomic E-state index is 12.5. The number of alkyl halides is 3. The molecule has 0 unspecified atom stereocenters. The number of benzene rings is 2. The van der Waals surface area contributed by atoms with Crippen molar-refractivity contribution in [2.45, 2.75) is 18.8 Å². The van der Waals surface area contributed by atoms with E-state index < -0.39 is 30.0 Å². The molecule has 0 bridgehead atoms. The average molecular weight is 392 g/mol. The van der Waals surface area contributed by atoms with Crippen molar-refractivity contribution in [2.24, 2.45) is 10.8 Å². The number of ether oxygens (including phenoxy) is 1. The number of para-hydroxylation sites is 1. The molecule has 1 aliphatic rings. The van der Waals surface area contributed by atoms with Crippen LogP contribution in [0.4, 0.5) is 24.5 Å². The summed E-state index contributed by atoms with van der Waals surface area (Å²) in [6, 6.07) is 12.7. The lowest BCUT2D eigenvalue weighted by atomic mass is 10.1. The van der Waals surface area contributed by atoms with Gasteiger partial charge in [0.2, 0.25) is 5.91 Å². The Hall–Kier alpha value is -3.56. The summed E-state index contributed by atoms with van der Waals surface area (Å²) in [7, 11) is 0. The van der Waals surface area contributed by atoms with Crippen LogP contribution in [-0.4, -0.2) is 29.9 Å². The summed E-state index contributed by atoms with van der Waals surface area (Å²) < 4.78 is 40.8. The highest BCUT2D eigenvalue weighted by Gasteiger charge is 2.35. The molecule has 0 saturated carbocycles. The summed E-state index contributed by atoms with van der Waals surface area (Å²) in [4.78, 5) is 24.2. The summed E-state index contributed by atoms with van der Waals surface area (Å²) in [5.41, 5.74) is 6.10. The Morgan fingerprint density at radius 2 is 1.86 bits per heavy atom. The molecule has 3 rings (SSSR count). The Labute approximate surface area is 157 Å². The number of anilines is 2. The maximum Gasteiger partial charge on any atom is 0.573 e. The van der Waals surface area contributed by atoms with E-state index in [0.717, 1.165) is 12.1 Å². The quantitative estimate of drug-likeness (QED) is 0.818. The normalized spacial score (nSPS) is 16.5. The first kappa shape index (κ1) is 19.2. The SMILES string of the molecule is NC(=O)[C@@H]1CC(C(=O)Nc2cccc(OC(F)(F)F)c2)=NN1c1ccccc1. The Kier molecular flexibility index (Phi) is 5.21. The second-order valence-electron chi connectivity index (χ2n) is 5.88. The predicted octanol–water partition coefficient (Wildman–Crippen LogP) is 2.64. The van der Waals surface area contributed by atoms with E-state index in [2.05, 4.69) is 15.2 Å². The molecular weight excluding hydrogens is 377 g/mol. The molecule has 0 saturated heterocycles. The third kappa shape index (κ3) is 4.58. The average Bonchev–Trinajstić information content (AvgIpc) is 3.07. The molecule has 1 aliphatic heterocycles. The first-order valence-corrected chi connectivity index (χ1v) is 8.11. The number of primary amides is 1. The highest BCUT2D eigenvalue weighted by Crippen LogP contribution is 2.27. The van der Waals surface area contributed by atoms with E-state index in [1.165, 1.54) is 17.1 Å². The van der Waals surface area contributed by atoms with Gasteiger partial charge in [0.15, 0.2) is 0 Å². The highest BCUT2D eigenvalue weighted by atomic mass is 19.4. The van der Waals surface area contributed by atoms with Crippen LogP contribution in [0, 0.1) is 0 Å². The number of amides is 2. The van der Waals surface area contributed by atoms with Crippen molar-refractivity contribution in [1.29, 1.82) is 0 Å². The van der Waals surface area contributed by atoms with Crippen molar-refractivity contribution >= 4 is 28.9 Å². The van der Waals surface area contributed by atoms with E-state index in [-0.39, 0.29) is 17.8 Å². The summed E-state index contributed by atoms with van der Waals surface area (Å²) in [6.45, 7) is 0. The number of carbonyl (C=O) groups excluding carboxylic acids is 2. The second kappa shape index (κ2) is 7.59. The number of hydrogen-bond acceptors (Lipinski definition) is 5. The number of rotatable bonds is 5. The van der Waals surface area contributed by atoms with Gasteiger partial charge in [0.1, 0.15) is 17.5 Å². The molecule has 0 aliphatic carbocycles. The lowest BCUT2D eigenvalue weighted by Gasteiger charge is -2.20. The van der Waals surface area contributed by atoms with Crippen LogP contribution < -0.4 is 20.8 Å². The number of halogens is 3. The van der Waals surface area contributed by atoms with E-state index in [4.69, 9.17) is 5.73 Å². The van der Waals surface area contributed by atoms with E-state index in [9.17, 15) is 22.8 Å². The van der Waals surface area contributed by atoms with Gasteiger partial charge in [-0.25, -0.2) is 0 Å². The molecule has 28 heavy (non-hydrogen) atoms. The fraction of sp³-hybridized carbons (Fsp3) is 0.167. The van der Waals surface area contributed by atoms with Crippen LogP contribution >= 0.6 is 0 Å². The van der Waals surface area contributed by atoms with Gasteiger partial charge in [0.05, 0.1) is 5.69 Å². The van der Waals surface area contributed by atoms with Crippen LogP contribution in [-0.2, 0) is 9.59 Å². The molecule has 7 nitrogen and oxygen atoms in total. The molecule has 2 amide bonds. The van der Waals surface area contributed by atoms with Gasteiger partial charge in [-0.3, -0.25) is 14.6 Å². The van der Waals surface area contributed by atoms with E-state index in [0.29, 0.717) is 5.69 Å². The lowest BCUT2D eigenvalue weighted by molar-refractivity contribution is -0.274. The molecule has 3 N–H and O–H groups in total. The second-order valence-corrected chi connectivity index (χ2v) is 5.88. The molecule has 146 valence electrons. The zero-order chi connectivity index (χ0) is 20.3. The van der Waals surface area contributed by atoms with E-state index >= 15 is 0 Å². The van der Waals surface area contributed by atoms with E-state index in [1.54, 1.807) is 30.3 Å². The zero-order valence-corrected chi connectivity index (χ0v) is 14.3. The molecule has 0 fully saturated rings. The first-order chi connectivity index (χ1) is 13.2. The maximum atomic E-state index is 12.5. The van der Waals surface area contributed by atoms with Crippen LogP contribution in [0.3, 0.4) is 0 Å². The minimum Gasteiger partial charge on any atom is -0.406 e. The Morgan fingerprint density at radius 3 is 2.50 bits per heavy atom. The Balaban J connectivity index is 1.77. The van der Waals surface area contributed by atoms with Gasteiger partial charge < -0.3 is 15.8 Å². The van der Waals surface area contributed by atoms with Crippen molar-refractivity contribution in [3.8, 4) is 5.75 Å². The predicted molar refractivity (Wildman–Crippen MR) is 95.7 cm³/mol. The third-order valence-electron chi connectivity index (χ3n) is 3.85. The minimum atomic E-state index is -4.84. The van der Waals surface area contributed by atoms with Gasteiger partial charge in [0.25, 0.3) is 5.91 Å². The van der Waals surface area contributed by atoms with Crippen molar-refractivity contribution in [2.75, 3.05) is 10.3 Å². The van der Waals surface area contributed by atoms with Crippen LogP contribution in [0.1, 0.15) is 6.42 Å². The molecule has 2 aromatic rings. The van der Waals surface area contributed by atoms with Crippen LogP contribution in [0.5, 0.6) is 5.75 Å². The molecule has 1 heterocycles. The number of hydrogen-bond donors (Lipinski definition) is 2. The largest absolute Gasteiger partial charge is 0.573 e. The minimum absolute atomic E-state index is 0.0230. The van der Waals surface area contributed by atoms with Crippen LogP contribution in [0.25, 0.3) is 0 Å². The molecule has 0 radical (unpaired) electrons. The number of nitrogens with zero attached hydrogens (tertiary/aromatic N) is 2. The lowest BCUT2D eigenvalue weighted by Crippen LogP contribution is -2.39. The van der Waals surface area contributed by atoms with Crippen LogP contribution in [0.15, 0.2) is 59.7 Å². The molecule has 1 atom stereocenters. The zero-order valence-electron chi connectivity index (χ0n) is 14.3. The summed E-state index contributed by atoms with van der Waals surface area (Å²) in [5, 5.41) is 7.96. The fourth-order valence-electron chi connectivity index (χ4n) is 2.66. The molecular formula is C18H15F3N4O3. The number of nitrogens with one attached hydrogen (secondary N) is 1. The number of nitrogens with two attached hydrogens (primary N) is 1. The standard InChI is InChI=1S/C18H15F3N4O3/c19-18(20,21)28-13-8-4-5-11(9-13)23-17(27)14-10-15(16(22)26)25(24-14)12-6-2-1-3-7-12/h1-9,15H,10H2,(H2,22,26)(H,23,27)/t15-/m0/s1. The topological polar surface area (TPSA) is 97.0 Å². The monoisotopic (exact) mass is 392 g/mol. The first-order valence-electron chi connectivity index (χ1n) is 8.11. The summed E-state index contributed by atoms with van der Waals surface area (Å²) in [6.07, 6.45) is -4.88.